The fourth-order valence-electron chi connectivity index (χ4n) is 8.91. The number of hydrogen-bond acceptors (Lipinski definition) is 9. The average Bonchev–Trinajstić information content (AvgIpc) is 3.33. The normalized spacial score (nSPS) is 25.5. The van der Waals surface area contributed by atoms with Crippen LogP contribution in [0.3, 0.4) is 0 Å². The summed E-state index contributed by atoms with van der Waals surface area (Å²) in [5.41, 5.74) is 3.76. The van der Waals surface area contributed by atoms with Gasteiger partial charge in [-0.25, -0.2) is 9.69 Å². The first-order chi connectivity index (χ1) is 26.0. The second-order valence-electron chi connectivity index (χ2n) is 16.4. The third-order valence-electron chi connectivity index (χ3n) is 12.2. The summed E-state index contributed by atoms with van der Waals surface area (Å²) in [7, 11) is 0. The van der Waals surface area contributed by atoms with Crippen molar-refractivity contribution in [3.8, 4) is 0 Å². The lowest BCUT2D eigenvalue weighted by Gasteiger charge is -2.41. The van der Waals surface area contributed by atoms with Crippen molar-refractivity contribution in [2.75, 3.05) is 57.7 Å². The Hall–Kier alpha value is -3.58. The number of benzene rings is 1. The van der Waals surface area contributed by atoms with Gasteiger partial charge in [-0.3, -0.25) is 9.59 Å². The van der Waals surface area contributed by atoms with Crippen molar-refractivity contribution in [3.63, 3.8) is 0 Å². The van der Waals surface area contributed by atoms with E-state index in [1.807, 2.05) is 56.0 Å². The van der Waals surface area contributed by atoms with Gasteiger partial charge in [0.2, 0.25) is 0 Å². The van der Waals surface area contributed by atoms with Crippen molar-refractivity contribution in [3.05, 3.63) is 53.1 Å². The monoisotopic (exact) mass is 748 g/mol. The van der Waals surface area contributed by atoms with Crippen molar-refractivity contribution in [2.24, 2.45) is 5.92 Å². The maximum atomic E-state index is 14.0. The number of aliphatic hydroxyl groups is 1. The highest BCUT2D eigenvalue weighted by atomic mass is 16.6. The summed E-state index contributed by atoms with van der Waals surface area (Å²) in [4.78, 5) is 60.3. The molecule has 2 unspecified atom stereocenters. The van der Waals surface area contributed by atoms with Crippen molar-refractivity contribution in [2.45, 2.75) is 122 Å². The van der Waals surface area contributed by atoms with Gasteiger partial charge in [0.1, 0.15) is 0 Å². The lowest BCUT2D eigenvalue weighted by Crippen LogP contribution is -3.16. The fourth-order valence-corrected chi connectivity index (χ4v) is 8.91. The van der Waals surface area contributed by atoms with E-state index in [1.54, 1.807) is 0 Å². The van der Waals surface area contributed by atoms with Gasteiger partial charge in [-0.15, -0.1) is 0 Å². The number of urea groups is 1. The number of anilines is 1. The van der Waals surface area contributed by atoms with Gasteiger partial charge in [0.25, 0.3) is 0 Å². The predicted octanol–water partition coefficient (Wildman–Crippen LogP) is 4.13. The number of nitrogens with zero attached hydrogens (tertiary/aromatic N) is 3. The molecule has 4 aliphatic heterocycles. The van der Waals surface area contributed by atoms with E-state index in [2.05, 4.69) is 21.2 Å². The molecule has 296 valence electrons. The molecule has 12 nitrogen and oxygen atoms in total. The zero-order valence-corrected chi connectivity index (χ0v) is 32.6. The number of esters is 1. The Morgan fingerprint density at radius 3 is 2.37 bits per heavy atom. The Bertz CT molecular complexity index is 1540. The van der Waals surface area contributed by atoms with Crippen LogP contribution < -0.4 is 10.2 Å². The number of hydrogen-bond donors (Lipinski definition) is 3. The molecular weight excluding hydrogens is 686 g/mol. The first-order valence-corrected chi connectivity index (χ1v) is 20.5. The zero-order valence-electron chi connectivity index (χ0n) is 32.6. The van der Waals surface area contributed by atoms with Gasteiger partial charge in [0, 0.05) is 56.5 Å². The second-order valence-corrected chi connectivity index (χ2v) is 16.4. The molecule has 2 atom stereocenters. The number of ketones is 1. The number of fused-ring (bicyclic) bond motifs is 1. The summed E-state index contributed by atoms with van der Waals surface area (Å²) in [6.07, 6.45) is 9.82. The number of ether oxygens (including phenoxy) is 2. The highest BCUT2D eigenvalue weighted by Crippen LogP contribution is 2.29. The molecule has 1 aromatic rings. The standard InChI is InChI=1S/C42H61N5O7/c1-29(2)53-40(50)17-20-44-18-13-34(14-19-44)45-21-10-31(11-22-45)27-38(49)39(28-32-8-9-37(48)30(3)26-32)54-42(52)46-23-15-35(16-24-46)47-25-12-33-6-4-5-7-36(33)43-41(47)51/h4-8,26,29,31,34-35,37,39,48H,9-25,27-28H2,1-3H3,(H,43,51)/p+1. The topological polar surface area (TPSA) is 133 Å². The second kappa shape index (κ2) is 18.8. The SMILES string of the molecule is CC1=CC(CC(OC(=O)[NH+]2CCC(N3CCc4ccccc4NC3=O)CC2)C(=O)CC2CCN(C3CCN(CCC(=O)OC(C)C)CC3)CC2)=CCC1O. The molecule has 0 bridgehead atoms. The van der Waals surface area contributed by atoms with Crippen LogP contribution in [0.1, 0.15) is 90.5 Å². The molecule has 0 aromatic heterocycles. The van der Waals surface area contributed by atoms with Crippen molar-refractivity contribution >= 4 is 29.6 Å². The largest absolute Gasteiger partial charge is 0.515 e. The highest BCUT2D eigenvalue weighted by molar-refractivity contribution is 5.91. The lowest BCUT2D eigenvalue weighted by molar-refractivity contribution is -0.830. The number of rotatable bonds is 12. The van der Waals surface area contributed by atoms with Crippen LogP contribution in [0, 0.1) is 5.92 Å². The number of carbonyl (C=O) groups is 4. The smallest absolute Gasteiger partial charge is 0.463 e. The number of Topliss-reactive ketones (excluding diaryl/α,β-unsaturated/α-hetero) is 1. The van der Waals surface area contributed by atoms with E-state index < -0.39 is 18.3 Å². The molecule has 4 heterocycles. The Balaban J connectivity index is 0.981. The maximum absolute atomic E-state index is 14.0. The van der Waals surface area contributed by atoms with Crippen LogP contribution in [0.2, 0.25) is 0 Å². The number of piperidine rings is 3. The minimum atomic E-state index is -0.872. The third-order valence-corrected chi connectivity index (χ3v) is 12.2. The quantitative estimate of drug-likeness (QED) is 0.270. The summed E-state index contributed by atoms with van der Waals surface area (Å²) < 4.78 is 11.4. The molecule has 3 saturated heterocycles. The third kappa shape index (κ3) is 10.8. The van der Waals surface area contributed by atoms with Crippen LogP contribution in [-0.4, -0.2) is 126 Å². The Morgan fingerprint density at radius 1 is 0.944 bits per heavy atom. The van der Waals surface area contributed by atoms with E-state index in [0.717, 1.165) is 87.2 Å². The zero-order chi connectivity index (χ0) is 38.2. The molecule has 3 amide bonds. The minimum absolute atomic E-state index is 0.0285. The summed E-state index contributed by atoms with van der Waals surface area (Å²) in [6, 6.07) is 8.38. The van der Waals surface area contributed by atoms with Crippen LogP contribution in [0.4, 0.5) is 15.3 Å². The van der Waals surface area contributed by atoms with E-state index in [0.29, 0.717) is 69.1 Å². The molecule has 54 heavy (non-hydrogen) atoms. The Morgan fingerprint density at radius 2 is 1.67 bits per heavy atom. The Labute approximate surface area is 320 Å². The van der Waals surface area contributed by atoms with Crippen molar-refractivity contribution < 1.29 is 38.7 Å². The number of likely N-dealkylation sites (tertiary alicyclic amines) is 3. The van der Waals surface area contributed by atoms with Crippen LogP contribution in [-0.2, 0) is 25.5 Å². The first-order valence-electron chi connectivity index (χ1n) is 20.5. The fraction of sp³-hybridized carbons (Fsp3) is 0.667. The highest BCUT2D eigenvalue weighted by Gasteiger charge is 2.38. The van der Waals surface area contributed by atoms with E-state index in [-0.39, 0.29) is 35.8 Å². The van der Waals surface area contributed by atoms with Gasteiger partial charge < -0.3 is 34.6 Å². The summed E-state index contributed by atoms with van der Waals surface area (Å²) in [5, 5.41) is 13.3. The number of quaternary nitrogens is 1. The molecule has 6 rings (SSSR count). The van der Waals surface area contributed by atoms with E-state index in [9.17, 15) is 24.3 Å². The van der Waals surface area contributed by atoms with Gasteiger partial charge >= 0.3 is 18.1 Å². The van der Waals surface area contributed by atoms with Crippen LogP contribution in [0.5, 0.6) is 0 Å². The number of carbonyl (C=O) groups excluding carboxylic acids is 4. The first kappa shape index (κ1) is 40.1. The van der Waals surface area contributed by atoms with E-state index in [4.69, 9.17) is 9.47 Å². The maximum Gasteiger partial charge on any atom is 0.515 e. The number of allylic oxidation sites excluding steroid dienone is 1. The van der Waals surface area contributed by atoms with Gasteiger partial charge in [0.15, 0.2) is 11.9 Å². The molecule has 12 heteroatoms. The molecule has 0 spiro atoms. The van der Waals surface area contributed by atoms with Gasteiger partial charge in [0.05, 0.1) is 31.7 Å². The Kier molecular flexibility index (Phi) is 14.0. The van der Waals surface area contributed by atoms with Crippen LogP contribution in [0.15, 0.2) is 47.6 Å². The van der Waals surface area contributed by atoms with E-state index >= 15 is 0 Å². The van der Waals surface area contributed by atoms with Gasteiger partial charge in [-0.2, -0.15) is 4.79 Å². The molecular formula is C42H62N5O7+. The molecule has 3 N–H and O–H groups in total. The predicted molar refractivity (Wildman–Crippen MR) is 206 cm³/mol. The van der Waals surface area contributed by atoms with Gasteiger partial charge in [-0.05, 0) is 114 Å². The minimum Gasteiger partial charge on any atom is -0.463 e. The van der Waals surface area contributed by atoms with E-state index in [1.165, 1.54) is 0 Å². The molecule has 5 aliphatic rings. The number of nitrogens with one attached hydrogen (secondary N) is 2. The number of aliphatic hydroxyl groups excluding tert-OH is 1. The lowest BCUT2D eigenvalue weighted by atomic mass is 9.87. The molecule has 0 saturated carbocycles. The molecule has 1 aliphatic carbocycles. The number of amides is 3. The molecule has 1 aromatic carbocycles. The van der Waals surface area contributed by atoms with Crippen molar-refractivity contribution in [1.82, 2.24) is 14.7 Å². The molecule has 3 fully saturated rings. The van der Waals surface area contributed by atoms with Crippen LogP contribution in [0.25, 0.3) is 0 Å². The number of para-hydroxylation sites is 1. The number of alkyl carbamates (subject to hydrolysis) is 2. The van der Waals surface area contributed by atoms with Gasteiger partial charge in [-0.1, -0.05) is 30.4 Å². The van der Waals surface area contributed by atoms with Crippen LogP contribution >= 0.6 is 0 Å². The summed E-state index contributed by atoms with van der Waals surface area (Å²) in [5.74, 6) is 0.0876. The molecule has 0 radical (unpaired) electrons. The summed E-state index contributed by atoms with van der Waals surface area (Å²) in [6.45, 7) is 12.0. The average molecular weight is 749 g/mol. The summed E-state index contributed by atoms with van der Waals surface area (Å²) >= 11 is 0. The van der Waals surface area contributed by atoms with Crippen molar-refractivity contribution in [1.29, 1.82) is 0 Å².